The van der Waals surface area contributed by atoms with Crippen molar-refractivity contribution in [2.45, 2.75) is 63.6 Å². The Balaban J connectivity index is 0.881. The summed E-state index contributed by atoms with van der Waals surface area (Å²) in [5, 5.41) is 19.9. The Morgan fingerprint density at radius 3 is 2.73 bits per heavy atom. The molecule has 0 saturated heterocycles. The Morgan fingerprint density at radius 1 is 1.00 bits per heavy atom. The Hall–Kier alpha value is -4.72. The summed E-state index contributed by atoms with van der Waals surface area (Å²) in [5.74, 6) is -1.23. The van der Waals surface area contributed by atoms with Crippen LogP contribution in [0.3, 0.4) is 0 Å². The number of hydrogen-bond acceptors (Lipinski definition) is 10. The minimum absolute atomic E-state index is 0.105. The number of nitrogens with one attached hydrogen (secondary N) is 1. The van der Waals surface area contributed by atoms with E-state index < -0.39 is 5.97 Å². The predicted molar refractivity (Wildman–Crippen MR) is 191 cm³/mol. The summed E-state index contributed by atoms with van der Waals surface area (Å²) in [4.78, 5) is 42.2. The number of nitrogens with zero attached hydrogens (tertiary/aromatic N) is 6. The van der Waals surface area contributed by atoms with E-state index >= 15 is 0 Å². The van der Waals surface area contributed by atoms with Gasteiger partial charge in [-0.3, -0.25) is 10.1 Å². The largest absolute Gasteiger partial charge is 0.476 e. The normalized spacial score (nSPS) is 17.8. The van der Waals surface area contributed by atoms with Crippen LogP contribution in [0.25, 0.3) is 21.3 Å². The van der Waals surface area contributed by atoms with Crippen LogP contribution in [0, 0.1) is 0 Å². The third-order valence-electron chi connectivity index (χ3n) is 9.44. The van der Waals surface area contributed by atoms with Crippen molar-refractivity contribution in [2.24, 2.45) is 0 Å². The molecule has 2 aromatic carbocycles. The number of anilines is 2. The SMILES string of the molecule is O=C(Nc1nc2ccccc2s1)c1cccc2c1CN(c1nc(C(=O)O)c(CCCOC3CCC(n4ncc5cccnc54)CC3)s1)CC2. The van der Waals surface area contributed by atoms with E-state index in [1.165, 1.54) is 22.7 Å². The average molecular weight is 694 g/mol. The molecule has 4 aromatic heterocycles. The molecule has 0 bridgehead atoms. The Morgan fingerprint density at radius 2 is 1.88 bits per heavy atom. The molecule has 5 heterocycles. The van der Waals surface area contributed by atoms with Crippen molar-refractivity contribution in [3.05, 3.63) is 94.3 Å². The lowest BCUT2D eigenvalue weighted by Crippen LogP contribution is -2.32. The molecule has 49 heavy (non-hydrogen) atoms. The molecule has 0 spiro atoms. The zero-order valence-electron chi connectivity index (χ0n) is 26.7. The van der Waals surface area contributed by atoms with Crippen LogP contribution in [0.5, 0.6) is 0 Å². The molecule has 2 N–H and O–H groups in total. The molecule has 1 aliphatic carbocycles. The van der Waals surface area contributed by atoms with Crippen LogP contribution in [0.1, 0.15) is 75.0 Å². The number of para-hydroxylation sites is 1. The van der Waals surface area contributed by atoms with Crippen LogP contribution in [-0.4, -0.2) is 61.0 Å². The van der Waals surface area contributed by atoms with Crippen LogP contribution < -0.4 is 10.2 Å². The second kappa shape index (κ2) is 13.7. The number of benzene rings is 2. The van der Waals surface area contributed by atoms with Gasteiger partial charge in [0.05, 0.1) is 28.6 Å². The van der Waals surface area contributed by atoms with Gasteiger partial charge in [0.15, 0.2) is 21.6 Å². The fraction of sp³-hybridized carbons (Fsp3) is 0.333. The summed E-state index contributed by atoms with van der Waals surface area (Å²) in [6, 6.07) is 17.9. The molecule has 1 aliphatic heterocycles. The molecule has 8 rings (SSSR count). The minimum atomic E-state index is -1.02. The van der Waals surface area contributed by atoms with Crippen molar-refractivity contribution in [1.29, 1.82) is 0 Å². The summed E-state index contributed by atoms with van der Waals surface area (Å²) < 4.78 is 9.33. The van der Waals surface area contributed by atoms with Crippen molar-refractivity contribution < 1.29 is 19.4 Å². The minimum Gasteiger partial charge on any atom is -0.476 e. The lowest BCUT2D eigenvalue weighted by Gasteiger charge is -2.29. The first kappa shape index (κ1) is 31.5. The molecule has 6 aromatic rings. The van der Waals surface area contributed by atoms with Gasteiger partial charge in [0.25, 0.3) is 5.91 Å². The van der Waals surface area contributed by atoms with Crippen LogP contribution >= 0.6 is 22.7 Å². The number of fused-ring (bicyclic) bond motifs is 3. The van der Waals surface area contributed by atoms with Crippen molar-refractivity contribution >= 4 is 66.1 Å². The fourth-order valence-electron chi connectivity index (χ4n) is 6.95. The number of carboxylic acid groups (broad SMARTS) is 1. The summed E-state index contributed by atoms with van der Waals surface area (Å²) in [6.45, 7) is 1.73. The van der Waals surface area contributed by atoms with Crippen LogP contribution in [-0.2, 0) is 24.1 Å². The van der Waals surface area contributed by atoms with Crippen LogP contribution in [0.15, 0.2) is 67.0 Å². The van der Waals surface area contributed by atoms with Crippen molar-refractivity contribution in [3.63, 3.8) is 0 Å². The number of carbonyl (C=O) groups is 2. The highest BCUT2D eigenvalue weighted by molar-refractivity contribution is 7.22. The number of hydrogen-bond donors (Lipinski definition) is 2. The van der Waals surface area contributed by atoms with E-state index in [9.17, 15) is 14.7 Å². The topological polar surface area (TPSA) is 135 Å². The number of thiazole rings is 2. The highest BCUT2D eigenvalue weighted by Gasteiger charge is 2.28. The monoisotopic (exact) mass is 693 g/mol. The molecule has 1 fully saturated rings. The number of carboxylic acids is 1. The molecule has 0 atom stereocenters. The zero-order valence-corrected chi connectivity index (χ0v) is 28.4. The van der Waals surface area contributed by atoms with Gasteiger partial charge in [-0.15, -0.1) is 11.3 Å². The maximum atomic E-state index is 13.5. The molecule has 1 amide bonds. The second-order valence-corrected chi connectivity index (χ2v) is 14.6. The molecule has 2 aliphatic rings. The quantitative estimate of drug-likeness (QED) is 0.144. The van der Waals surface area contributed by atoms with Gasteiger partial charge in [-0.2, -0.15) is 5.10 Å². The van der Waals surface area contributed by atoms with E-state index in [0.717, 1.165) is 69.4 Å². The molecular formula is C36H35N7O4S2. The number of rotatable bonds is 10. The molecule has 11 nitrogen and oxygen atoms in total. The Bertz CT molecular complexity index is 2120. The lowest BCUT2D eigenvalue weighted by molar-refractivity contribution is 0.0177. The van der Waals surface area contributed by atoms with Gasteiger partial charge in [0.2, 0.25) is 0 Å². The number of carbonyl (C=O) groups excluding carboxylic acids is 1. The number of aromatic carboxylic acids is 1. The number of aryl methyl sites for hydroxylation is 1. The number of aromatic nitrogens is 5. The van der Waals surface area contributed by atoms with Gasteiger partial charge in [-0.05, 0) is 86.4 Å². The standard InChI is InChI=1S/C36H35N7O4S2/c44-33(41-35-39-28-9-1-2-10-29(28)48-35)26-8-3-6-22-16-18-42(21-27(22)26)36-40-31(34(45)46)30(49-36)11-5-19-47-25-14-12-24(13-15-25)43-32-23(20-38-43)7-4-17-37-32/h1-4,6-10,17,20,24-25H,5,11-16,18-19,21H2,(H,45,46)(H,39,41,44). The highest BCUT2D eigenvalue weighted by Crippen LogP contribution is 2.34. The van der Waals surface area contributed by atoms with Gasteiger partial charge in [0, 0.05) is 41.7 Å². The van der Waals surface area contributed by atoms with Gasteiger partial charge in [0.1, 0.15) is 0 Å². The number of pyridine rings is 1. The molecule has 250 valence electrons. The summed E-state index contributed by atoms with van der Waals surface area (Å²) in [6.07, 6.45) is 9.82. The van der Waals surface area contributed by atoms with E-state index in [1.54, 1.807) is 0 Å². The van der Waals surface area contributed by atoms with E-state index in [-0.39, 0.29) is 17.7 Å². The molecule has 1 saturated carbocycles. The third kappa shape index (κ3) is 6.53. The van der Waals surface area contributed by atoms with Crippen LogP contribution in [0.2, 0.25) is 0 Å². The Kier molecular flexibility index (Phi) is 8.79. The maximum Gasteiger partial charge on any atom is 0.355 e. The van der Waals surface area contributed by atoms with E-state index in [4.69, 9.17) is 4.74 Å². The van der Waals surface area contributed by atoms with Crippen molar-refractivity contribution in [1.82, 2.24) is 24.7 Å². The van der Waals surface area contributed by atoms with Crippen LogP contribution in [0.4, 0.5) is 10.3 Å². The first-order valence-electron chi connectivity index (χ1n) is 16.7. The molecular weight excluding hydrogens is 659 g/mol. The summed E-state index contributed by atoms with van der Waals surface area (Å²) in [7, 11) is 0. The smallest absolute Gasteiger partial charge is 0.355 e. The number of ether oxygens (including phenoxy) is 1. The highest BCUT2D eigenvalue weighted by atomic mass is 32.1. The number of amides is 1. The summed E-state index contributed by atoms with van der Waals surface area (Å²) in [5.41, 5.74) is 4.53. The van der Waals surface area contributed by atoms with Gasteiger partial charge in [-0.25, -0.2) is 24.4 Å². The van der Waals surface area contributed by atoms with E-state index in [2.05, 4.69) is 41.0 Å². The first-order chi connectivity index (χ1) is 24.0. The van der Waals surface area contributed by atoms with Gasteiger partial charge < -0.3 is 14.7 Å². The van der Waals surface area contributed by atoms with Crippen molar-refractivity contribution in [3.8, 4) is 0 Å². The zero-order chi connectivity index (χ0) is 33.3. The van der Waals surface area contributed by atoms with Crippen molar-refractivity contribution in [2.75, 3.05) is 23.4 Å². The van der Waals surface area contributed by atoms with Gasteiger partial charge >= 0.3 is 5.97 Å². The fourth-order valence-corrected chi connectivity index (χ4v) is 8.92. The lowest BCUT2D eigenvalue weighted by atomic mass is 9.93. The molecule has 13 heteroatoms. The Labute approximate surface area is 290 Å². The summed E-state index contributed by atoms with van der Waals surface area (Å²) >= 11 is 2.87. The molecule has 0 unspecified atom stereocenters. The van der Waals surface area contributed by atoms with E-state index in [0.29, 0.717) is 54.4 Å². The first-order valence-corrected chi connectivity index (χ1v) is 18.3. The molecule has 0 radical (unpaired) electrons. The van der Waals surface area contributed by atoms with E-state index in [1.807, 2.05) is 60.9 Å². The average Bonchev–Trinajstić information content (AvgIpc) is 3.87. The second-order valence-electron chi connectivity index (χ2n) is 12.5. The van der Waals surface area contributed by atoms with Gasteiger partial charge in [-0.1, -0.05) is 35.6 Å². The third-order valence-corrected chi connectivity index (χ3v) is 11.6. The predicted octanol–water partition coefficient (Wildman–Crippen LogP) is 7.14. The maximum absolute atomic E-state index is 13.5.